The first-order chi connectivity index (χ1) is 5.76. The summed E-state index contributed by atoms with van der Waals surface area (Å²) in [4.78, 5) is 12.9. The standard InChI is InChI=1S/C8H13NO3/c1-2-11-7(10)9-4-3-8(5-9)6-12-8/h2-6H2,1H3/t8-/m1/s1. The highest BCUT2D eigenvalue weighted by atomic mass is 16.6. The second kappa shape index (κ2) is 2.62. The molecule has 1 amide bonds. The monoisotopic (exact) mass is 171 g/mol. The van der Waals surface area contributed by atoms with Gasteiger partial charge in [0.25, 0.3) is 0 Å². The summed E-state index contributed by atoms with van der Waals surface area (Å²) >= 11 is 0. The SMILES string of the molecule is CCOC(=O)N1CC[C@]2(CO2)C1. The Morgan fingerprint density at radius 3 is 3.00 bits per heavy atom. The summed E-state index contributed by atoms with van der Waals surface area (Å²) in [5.74, 6) is 0. The van der Waals surface area contributed by atoms with Crippen molar-refractivity contribution in [2.45, 2.75) is 18.9 Å². The molecule has 2 fully saturated rings. The second-order valence-electron chi connectivity index (χ2n) is 3.34. The van der Waals surface area contributed by atoms with Crippen LogP contribution >= 0.6 is 0 Å². The van der Waals surface area contributed by atoms with Crippen LogP contribution in [0, 0.1) is 0 Å². The molecule has 4 heteroatoms. The summed E-state index contributed by atoms with van der Waals surface area (Å²) in [6, 6.07) is 0. The average Bonchev–Trinajstić information content (AvgIpc) is 2.62. The maximum absolute atomic E-state index is 11.2. The van der Waals surface area contributed by atoms with Gasteiger partial charge in [0, 0.05) is 6.54 Å². The third-order valence-electron chi connectivity index (χ3n) is 2.39. The van der Waals surface area contributed by atoms with E-state index in [2.05, 4.69) is 0 Å². The fourth-order valence-corrected chi connectivity index (χ4v) is 1.55. The van der Waals surface area contributed by atoms with E-state index in [1.165, 1.54) is 0 Å². The molecule has 0 aromatic rings. The van der Waals surface area contributed by atoms with Gasteiger partial charge < -0.3 is 14.4 Å². The molecule has 2 aliphatic rings. The van der Waals surface area contributed by atoms with E-state index in [9.17, 15) is 4.79 Å². The maximum atomic E-state index is 11.2. The van der Waals surface area contributed by atoms with Crippen molar-refractivity contribution in [1.29, 1.82) is 0 Å². The molecule has 2 rings (SSSR count). The van der Waals surface area contributed by atoms with Crippen molar-refractivity contribution in [2.75, 3.05) is 26.3 Å². The van der Waals surface area contributed by atoms with Crippen molar-refractivity contribution in [3.63, 3.8) is 0 Å². The van der Waals surface area contributed by atoms with Crippen LogP contribution in [-0.4, -0.2) is 42.9 Å². The molecule has 0 aliphatic carbocycles. The zero-order valence-electron chi connectivity index (χ0n) is 7.21. The molecule has 0 unspecified atom stereocenters. The highest BCUT2D eigenvalue weighted by Gasteiger charge is 2.51. The normalized spacial score (nSPS) is 32.6. The van der Waals surface area contributed by atoms with Crippen LogP contribution in [0.3, 0.4) is 0 Å². The number of amides is 1. The van der Waals surface area contributed by atoms with Crippen molar-refractivity contribution in [3.8, 4) is 0 Å². The molecular formula is C8H13NO3. The fourth-order valence-electron chi connectivity index (χ4n) is 1.55. The van der Waals surface area contributed by atoms with Crippen molar-refractivity contribution < 1.29 is 14.3 Å². The number of likely N-dealkylation sites (tertiary alicyclic amines) is 1. The Hall–Kier alpha value is -0.770. The van der Waals surface area contributed by atoms with E-state index in [0.717, 1.165) is 19.6 Å². The van der Waals surface area contributed by atoms with Crippen LogP contribution in [0.15, 0.2) is 0 Å². The molecule has 2 heterocycles. The van der Waals surface area contributed by atoms with Crippen molar-refractivity contribution >= 4 is 6.09 Å². The third-order valence-corrected chi connectivity index (χ3v) is 2.39. The van der Waals surface area contributed by atoms with Gasteiger partial charge in [-0.3, -0.25) is 0 Å². The Morgan fingerprint density at radius 2 is 2.50 bits per heavy atom. The van der Waals surface area contributed by atoms with Gasteiger partial charge in [0.1, 0.15) is 5.60 Å². The number of rotatable bonds is 1. The first-order valence-electron chi connectivity index (χ1n) is 4.31. The van der Waals surface area contributed by atoms with Crippen LogP contribution in [-0.2, 0) is 9.47 Å². The molecular weight excluding hydrogens is 158 g/mol. The molecule has 2 aliphatic heterocycles. The Labute approximate surface area is 71.4 Å². The highest BCUT2D eigenvalue weighted by molar-refractivity contribution is 5.68. The number of carbonyl (C=O) groups excluding carboxylic acids is 1. The first kappa shape index (κ1) is 7.86. The van der Waals surface area contributed by atoms with Crippen LogP contribution in [0.1, 0.15) is 13.3 Å². The lowest BCUT2D eigenvalue weighted by Gasteiger charge is -2.13. The maximum Gasteiger partial charge on any atom is 0.409 e. The molecule has 0 radical (unpaired) electrons. The minimum absolute atomic E-state index is 0.0206. The summed E-state index contributed by atoms with van der Waals surface area (Å²) < 4.78 is 10.1. The van der Waals surface area contributed by atoms with Crippen LogP contribution in [0.5, 0.6) is 0 Å². The van der Waals surface area contributed by atoms with E-state index >= 15 is 0 Å². The van der Waals surface area contributed by atoms with E-state index in [1.807, 2.05) is 6.92 Å². The van der Waals surface area contributed by atoms with Gasteiger partial charge in [0.15, 0.2) is 0 Å². The Bertz CT molecular complexity index is 200. The summed E-state index contributed by atoms with van der Waals surface area (Å²) in [7, 11) is 0. The van der Waals surface area contributed by atoms with Crippen molar-refractivity contribution in [1.82, 2.24) is 4.90 Å². The van der Waals surface area contributed by atoms with Gasteiger partial charge in [-0.15, -0.1) is 0 Å². The molecule has 0 saturated carbocycles. The van der Waals surface area contributed by atoms with Crippen molar-refractivity contribution in [2.24, 2.45) is 0 Å². The molecule has 0 aromatic carbocycles. The zero-order chi connectivity index (χ0) is 8.60. The van der Waals surface area contributed by atoms with Crippen LogP contribution in [0.2, 0.25) is 0 Å². The molecule has 4 nitrogen and oxygen atoms in total. The molecule has 0 aromatic heterocycles. The number of carbonyl (C=O) groups is 1. The second-order valence-corrected chi connectivity index (χ2v) is 3.34. The summed E-state index contributed by atoms with van der Waals surface area (Å²) in [5, 5.41) is 0. The average molecular weight is 171 g/mol. The Morgan fingerprint density at radius 1 is 1.75 bits per heavy atom. The zero-order valence-corrected chi connectivity index (χ0v) is 7.21. The van der Waals surface area contributed by atoms with Gasteiger partial charge >= 0.3 is 6.09 Å². The van der Waals surface area contributed by atoms with E-state index in [0.29, 0.717) is 13.2 Å². The molecule has 1 atom stereocenters. The van der Waals surface area contributed by atoms with Gasteiger partial charge in [-0.05, 0) is 13.3 Å². The highest BCUT2D eigenvalue weighted by Crippen LogP contribution is 2.36. The Kier molecular flexibility index (Phi) is 1.72. The van der Waals surface area contributed by atoms with Gasteiger partial charge in [-0.25, -0.2) is 4.79 Å². The van der Waals surface area contributed by atoms with Gasteiger partial charge in [-0.1, -0.05) is 0 Å². The van der Waals surface area contributed by atoms with E-state index in [4.69, 9.17) is 9.47 Å². The van der Waals surface area contributed by atoms with E-state index in [1.54, 1.807) is 4.90 Å². The lowest BCUT2D eigenvalue weighted by Crippen LogP contribution is -2.30. The lowest BCUT2D eigenvalue weighted by molar-refractivity contribution is 0.113. The van der Waals surface area contributed by atoms with E-state index in [-0.39, 0.29) is 11.7 Å². The Balaban J connectivity index is 1.86. The molecule has 1 spiro atoms. The number of hydrogen-bond donors (Lipinski definition) is 0. The minimum Gasteiger partial charge on any atom is -0.450 e. The minimum atomic E-state index is -0.204. The van der Waals surface area contributed by atoms with Gasteiger partial charge in [0.05, 0.1) is 19.8 Å². The topological polar surface area (TPSA) is 42.1 Å². The van der Waals surface area contributed by atoms with Gasteiger partial charge in [0.2, 0.25) is 0 Å². The third kappa shape index (κ3) is 1.27. The van der Waals surface area contributed by atoms with Crippen molar-refractivity contribution in [3.05, 3.63) is 0 Å². The molecule has 0 N–H and O–H groups in total. The largest absolute Gasteiger partial charge is 0.450 e. The molecule has 12 heavy (non-hydrogen) atoms. The fraction of sp³-hybridized carbons (Fsp3) is 0.875. The van der Waals surface area contributed by atoms with Crippen LogP contribution in [0.25, 0.3) is 0 Å². The van der Waals surface area contributed by atoms with Crippen LogP contribution in [0.4, 0.5) is 4.79 Å². The first-order valence-corrected chi connectivity index (χ1v) is 4.31. The van der Waals surface area contributed by atoms with Crippen LogP contribution < -0.4 is 0 Å². The molecule has 68 valence electrons. The quantitative estimate of drug-likeness (QED) is 0.543. The predicted octanol–water partition coefficient (Wildman–Crippen LogP) is 0.618. The smallest absolute Gasteiger partial charge is 0.409 e. The number of nitrogens with zero attached hydrogens (tertiary/aromatic N) is 1. The predicted molar refractivity (Wildman–Crippen MR) is 41.9 cm³/mol. The molecule has 2 saturated heterocycles. The summed E-state index contributed by atoms with van der Waals surface area (Å²) in [6.07, 6.45) is 0.760. The molecule has 0 bridgehead atoms. The lowest BCUT2D eigenvalue weighted by atomic mass is 10.1. The number of ether oxygens (including phenoxy) is 2. The number of epoxide rings is 1. The summed E-state index contributed by atoms with van der Waals surface area (Å²) in [5.41, 5.74) is 0.0206. The summed E-state index contributed by atoms with van der Waals surface area (Å²) in [6.45, 7) is 4.56. The number of hydrogen-bond acceptors (Lipinski definition) is 3. The van der Waals surface area contributed by atoms with E-state index < -0.39 is 0 Å². The van der Waals surface area contributed by atoms with Gasteiger partial charge in [-0.2, -0.15) is 0 Å².